The van der Waals surface area contributed by atoms with Gasteiger partial charge in [-0.1, -0.05) is 6.07 Å². The molecule has 1 aliphatic heterocycles. The van der Waals surface area contributed by atoms with Crippen molar-refractivity contribution < 1.29 is 14.2 Å². The molecule has 1 aliphatic rings. The second-order valence-electron chi connectivity index (χ2n) is 4.61. The number of nitrogen functional groups attached to an aromatic ring is 1. The minimum atomic E-state index is 0.301. The van der Waals surface area contributed by atoms with Crippen LogP contribution in [-0.4, -0.2) is 13.4 Å². The Balaban J connectivity index is 1.71. The fourth-order valence-electron chi connectivity index (χ4n) is 2.09. The molecule has 4 nitrogen and oxygen atoms in total. The Labute approximate surface area is 128 Å². The van der Waals surface area contributed by atoms with Crippen molar-refractivity contribution in [2.75, 3.05) is 19.1 Å². The summed E-state index contributed by atoms with van der Waals surface area (Å²) >= 11 is 1.68. The molecule has 0 aromatic heterocycles. The largest absolute Gasteiger partial charge is 0.494 e. The molecule has 1 heterocycles. The SMILES string of the molecule is CCOc1ccc(N)c(SCc2ccc3c(c2)OCO3)c1. The molecule has 0 unspecified atom stereocenters. The van der Waals surface area contributed by atoms with Crippen LogP contribution in [-0.2, 0) is 5.75 Å². The Hall–Kier alpha value is -2.01. The first kappa shape index (κ1) is 13.9. The lowest BCUT2D eigenvalue weighted by molar-refractivity contribution is 0.174. The highest BCUT2D eigenvalue weighted by Crippen LogP contribution is 2.36. The standard InChI is InChI=1S/C16H17NO3S/c1-2-18-12-4-5-13(17)16(8-12)21-9-11-3-6-14-15(7-11)20-10-19-14/h3-8H,2,9-10,17H2,1H3. The predicted molar refractivity (Wildman–Crippen MR) is 84.1 cm³/mol. The number of rotatable bonds is 5. The Kier molecular flexibility index (Phi) is 4.10. The van der Waals surface area contributed by atoms with Crippen molar-refractivity contribution in [2.24, 2.45) is 0 Å². The molecule has 2 aromatic carbocycles. The third-order valence-corrected chi connectivity index (χ3v) is 4.27. The van der Waals surface area contributed by atoms with Crippen molar-refractivity contribution in [3.8, 4) is 17.2 Å². The van der Waals surface area contributed by atoms with Gasteiger partial charge in [-0.2, -0.15) is 0 Å². The fourth-order valence-corrected chi connectivity index (χ4v) is 3.02. The monoisotopic (exact) mass is 303 g/mol. The van der Waals surface area contributed by atoms with Crippen molar-refractivity contribution in [1.82, 2.24) is 0 Å². The minimum Gasteiger partial charge on any atom is -0.494 e. The van der Waals surface area contributed by atoms with Crippen LogP contribution in [0.15, 0.2) is 41.3 Å². The highest BCUT2D eigenvalue weighted by Gasteiger charge is 2.13. The first-order valence-electron chi connectivity index (χ1n) is 6.80. The summed E-state index contributed by atoms with van der Waals surface area (Å²) < 4.78 is 16.2. The van der Waals surface area contributed by atoms with E-state index >= 15 is 0 Å². The zero-order valence-electron chi connectivity index (χ0n) is 11.8. The molecule has 110 valence electrons. The van der Waals surface area contributed by atoms with Crippen LogP contribution in [0.4, 0.5) is 5.69 Å². The maximum absolute atomic E-state index is 6.02. The number of nitrogens with two attached hydrogens (primary N) is 1. The Morgan fingerprint density at radius 3 is 2.86 bits per heavy atom. The molecule has 0 fully saturated rings. The highest BCUT2D eigenvalue weighted by atomic mass is 32.2. The molecule has 0 atom stereocenters. The van der Waals surface area contributed by atoms with Crippen LogP contribution >= 0.6 is 11.8 Å². The van der Waals surface area contributed by atoms with Crippen LogP contribution in [0.1, 0.15) is 12.5 Å². The second-order valence-corrected chi connectivity index (χ2v) is 5.63. The molecule has 0 bridgehead atoms. The van der Waals surface area contributed by atoms with E-state index in [0.29, 0.717) is 13.4 Å². The van der Waals surface area contributed by atoms with E-state index in [1.807, 2.05) is 43.3 Å². The van der Waals surface area contributed by atoms with E-state index in [2.05, 4.69) is 0 Å². The molecule has 3 rings (SSSR count). The van der Waals surface area contributed by atoms with E-state index in [9.17, 15) is 0 Å². The maximum atomic E-state index is 6.02. The lowest BCUT2D eigenvalue weighted by Gasteiger charge is -2.09. The topological polar surface area (TPSA) is 53.7 Å². The van der Waals surface area contributed by atoms with Gasteiger partial charge in [0.25, 0.3) is 0 Å². The predicted octanol–water partition coefficient (Wildman–Crippen LogP) is 3.69. The van der Waals surface area contributed by atoms with Crippen molar-refractivity contribution >= 4 is 17.4 Å². The number of ether oxygens (including phenoxy) is 3. The van der Waals surface area contributed by atoms with E-state index in [0.717, 1.165) is 33.6 Å². The number of hydrogen-bond donors (Lipinski definition) is 1. The van der Waals surface area contributed by atoms with Gasteiger partial charge in [-0.05, 0) is 42.8 Å². The summed E-state index contributed by atoms with van der Waals surface area (Å²) in [6, 6.07) is 11.8. The van der Waals surface area contributed by atoms with Gasteiger partial charge < -0.3 is 19.9 Å². The normalized spacial score (nSPS) is 12.4. The average molecular weight is 303 g/mol. The van der Waals surface area contributed by atoms with E-state index in [1.165, 1.54) is 5.56 Å². The lowest BCUT2D eigenvalue weighted by atomic mass is 10.2. The molecule has 0 spiro atoms. The van der Waals surface area contributed by atoms with Crippen LogP contribution in [0, 0.1) is 0 Å². The second kappa shape index (κ2) is 6.18. The van der Waals surface area contributed by atoms with Crippen molar-refractivity contribution in [2.45, 2.75) is 17.6 Å². The molecular weight excluding hydrogens is 286 g/mol. The van der Waals surface area contributed by atoms with Crippen LogP contribution in [0.2, 0.25) is 0 Å². The van der Waals surface area contributed by atoms with Gasteiger partial charge in [-0.25, -0.2) is 0 Å². The van der Waals surface area contributed by atoms with Gasteiger partial charge in [-0.3, -0.25) is 0 Å². The Morgan fingerprint density at radius 1 is 1.14 bits per heavy atom. The fraction of sp³-hybridized carbons (Fsp3) is 0.250. The first-order chi connectivity index (χ1) is 10.3. The maximum Gasteiger partial charge on any atom is 0.231 e. The van der Waals surface area contributed by atoms with Gasteiger partial charge in [0, 0.05) is 16.3 Å². The Morgan fingerprint density at radius 2 is 2.00 bits per heavy atom. The zero-order valence-corrected chi connectivity index (χ0v) is 12.6. The van der Waals surface area contributed by atoms with E-state index in [1.54, 1.807) is 11.8 Å². The van der Waals surface area contributed by atoms with Crippen LogP contribution in [0.5, 0.6) is 17.2 Å². The van der Waals surface area contributed by atoms with Crippen LogP contribution in [0.3, 0.4) is 0 Å². The quantitative estimate of drug-likeness (QED) is 0.674. The Bertz CT molecular complexity index is 645. The van der Waals surface area contributed by atoms with Gasteiger partial charge in [-0.15, -0.1) is 11.8 Å². The van der Waals surface area contributed by atoms with Gasteiger partial charge >= 0.3 is 0 Å². The number of anilines is 1. The summed E-state index contributed by atoms with van der Waals surface area (Å²) in [6.45, 7) is 2.92. The number of benzene rings is 2. The molecule has 0 aliphatic carbocycles. The van der Waals surface area contributed by atoms with Gasteiger partial charge in [0.2, 0.25) is 6.79 Å². The van der Waals surface area contributed by atoms with Gasteiger partial charge in [0.15, 0.2) is 11.5 Å². The number of fused-ring (bicyclic) bond motifs is 1. The lowest BCUT2D eigenvalue weighted by Crippen LogP contribution is -1.94. The van der Waals surface area contributed by atoms with Gasteiger partial charge in [0.1, 0.15) is 5.75 Å². The molecule has 0 saturated carbocycles. The first-order valence-corrected chi connectivity index (χ1v) is 7.78. The van der Waals surface area contributed by atoms with E-state index < -0.39 is 0 Å². The van der Waals surface area contributed by atoms with Gasteiger partial charge in [0.05, 0.1) is 6.61 Å². The average Bonchev–Trinajstić information content (AvgIpc) is 2.95. The third-order valence-electron chi connectivity index (χ3n) is 3.13. The molecule has 2 N–H and O–H groups in total. The van der Waals surface area contributed by atoms with E-state index in [4.69, 9.17) is 19.9 Å². The molecular formula is C16H17NO3S. The molecule has 0 saturated heterocycles. The minimum absolute atomic E-state index is 0.301. The summed E-state index contributed by atoms with van der Waals surface area (Å²) in [4.78, 5) is 1.03. The third kappa shape index (κ3) is 3.19. The summed E-state index contributed by atoms with van der Waals surface area (Å²) in [5.41, 5.74) is 7.96. The number of hydrogen-bond acceptors (Lipinski definition) is 5. The summed E-state index contributed by atoms with van der Waals surface area (Å²) in [5, 5.41) is 0. The smallest absolute Gasteiger partial charge is 0.231 e. The van der Waals surface area contributed by atoms with Crippen molar-refractivity contribution in [1.29, 1.82) is 0 Å². The summed E-state index contributed by atoms with van der Waals surface area (Å²) in [5.74, 6) is 3.28. The highest BCUT2D eigenvalue weighted by molar-refractivity contribution is 7.98. The molecule has 0 radical (unpaired) electrons. The molecule has 5 heteroatoms. The molecule has 0 amide bonds. The molecule has 21 heavy (non-hydrogen) atoms. The summed E-state index contributed by atoms with van der Waals surface area (Å²) in [6.07, 6.45) is 0. The number of thioether (sulfide) groups is 1. The van der Waals surface area contributed by atoms with Crippen LogP contribution < -0.4 is 19.9 Å². The van der Waals surface area contributed by atoms with Crippen molar-refractivity contribution in [3.05, 3.63) is 42.0 Å². The molecule has 2 aromatic rings. The summed E-state index contributed by atoms with van der Waals surface area (Å²) in [7, 11) is 0. The van der Waals surface area contributed by atoms with Crippen molar-refractivity contribution in [3.63, 3.8) is 0 Å². The van der Waals surface area contributed by atoms with E-state index in [-0.39, 0.29) is 0 Å². The zero-order chi connectivity index (χ0) is 14.7. The van der Waals surface area contributed by atoms with Crippen LogP contribution in [0.25, 0.3) is 0 Å².